The van der Waals surface area contributed by atoms with Gasteiger partial charge in [0.25, 0.3) is 0 Å². The van der Waals surface area contributed by atoms with E-state index in [-0.39, 0.29) is 19.8 Å². The Kier molecular flexibility index (Phi) is 7.35. The van der Waals surface area contributed by atoms with Crippen molar-refractivity contribution in [2.24, 2.45) is 5.41 Å². The summed E-state index contributed by atoms with van der Waals surface area (Å²) in [4.78, 5) is 0. The van der Waals surface area contributed by atoms with Crippen molar-refractivity contribution in [1.82, 2.24) is 0 Å². The Labute approximate surface area is 230 Å². The topological polar surface area (TPSA) is 88.4 Å². The molecule has 3 aliphatic rings. The van der Waals surface area contributed by atoms with Crippen molar-refractivity contribution >= 4 is 0 Å². The molecule has 6 unspecified atom stereocenters. The summed E-state index contributed by atoms with van der Waals surface area (Å²) in [5.41, 5.74) is -1.38. The molecule has 0 amide bonds. The van der Waals surface area contributed by atoms with Gasteiger partial charge in [0.15, 0.2) is 0 Å². The first-order valence-corrected chi connectivity index (χ1v) is 14.1. The normalized spacial score (nSPS) is 33.0. The second kappa shape index (κ2) is 10.8. The van der Waals surface area contributed by atoms with E-state index in [0.717, 1.165) is 36.0 Å². The van der Waals surface area contributed by atoms with Gasteiger partial charge < -0.3 is 29.5 Å². The minimum Gasteiger partial charge on any atom is -0.387 e. The fourth-order valence-corrected chi connectivity index (χ4v) is 7.33. The first-order chi connectivity index (χ1) is 19.0. The second-order valence-corrected chi connectivity index (χ2v) is 11.4. The Morgan fingerprint density at radius 2 is 1.00 bits per heavy atom. The maximum absolute atomic E-state index is 12.4. The minimum absolute atomic E-state index is 0.237. The lowest BCUT2D eigenvalue weighted by Gasteiger charge is -2.44. The third kappa shape index (κ3) is 4.34. The van der Waals surface area contributed by atoms with Gasteiger partial charge in [-0.3, -0.25) is 0 Å². The Hall–Kier alpha value is -2.58. The van der Waals surface area contributed by atoms with E-state index >= 15 is 0 Å². The van der Waals surface area contributed by atoms with Crippen LogP contribution in [0.2, 0.25) is 0 Å². The molecule has 0 aromatic heterocycles. The second-order valence-electron chi connectivity index (χ2n) is 11.4. The summed E-state index contributed by atoms with van der Waals surface area (Å²) in [7, 11) is 0. The van der Waals surface area contributed by atoms with Gasteiger partial charge in [-0.25, -0.2) is 0 Å². The van der Waals surface area contributed by atoms with Gasteiger partial charge in [-0.1, -0.05) is 110 Å². The lowest BCUT2D eigenvalue weighted by Crippen LogP contribution is -2.65. The highest BCUT2D eigenvalue weighted by Crippen LogP contribution is 2.77. The first kappa shape index (κ1) is 26.6. The molecule has 0 radical (unpaired) electrons. The molecule has 6 heteroatoms. The number of aliphatic hydroxyl groups excluding tert-OH is 1. The van der Waals surface area contributed by atoms with Gasteiger partial charge in [0.2, 0.25) is 0 Å². The highest BCUT2D eigenvalue weighted by atomic mass is 16.6. The highest BCUT2D eigenvalue weighted by molar-refractivity contribution is 5.44. The molecule has 206 valence electrons. The minimum atomic E-state index is -1.74. The van der Waals surface area contributed by atoms with E-state index in [9.17, 15) is 15.3 Å². The highest BCUT2D eigenvalue weighted by Gasteiger charge is 2.94. The van der Waals surface area contributed by atoms with Crippen LogP contribution in [0.3, 0.4) is 0 Å². The largest absolute Gasteiger partial charge is 0.387 e. The molecule has 0 heterocycles. The van der Waals surface area contributed by atoms with Crippen LogP contribution in [0.5, 0.6) is 0 Å². The zero-order valence-corrected chi connectivity index (χ0v) is 22.2. The zero-order chi connectivity index (χ0) is 26.9. The molecule has 0 saturated heterocycles. The number of ether oxygens (including phenoxy) is 3. The summed E-state index contributed by atoms with van der Waals surface area (Å²) < 4.78 is 19.4. The monoisotopic (exact) mass is 530 g/mol. The van der Waals surface area contributed by atoms with E-state index in [1.54, 1.807) is 0 Å². The predicted molar refractivity (Wildman–Crippen MR) is 146 cm³/mol. The van der Waals surface area contributed by atoms with Crippen LogP contribution in [0, 0.1) is 5.41 Å². The molecule has 1 spiro atoms. The Morgan fingerprint density at radius 1 is 0.564 bits per heavy atom. The SMILES string of the molecule is OC1C(OCc2ccccc2)C(OCc2ccccc2)C(OCc2ccccc2)C2(O)C3(CCCCC3)C12O. The van der Waals surface area contributed by atoms with Gasteiger partial charge >= 0.3 is 0 Å². The third-order valence-electron chi connectivity index (χ3n) is 9.30. The fraction of sp³-hybridized carbons (Fsp3) is 0.455. The molecule has 3 aromatic rings. The van der Waals surface area contributed by atoms with Gasteiger partial charge in [-0.05, 0) is 29.5 Å². The standard InChI is InChI=1S/C33H38O6/c34-29-27(37-21-24-13-5-1-6-14-24)28(38-22-25-15-7-2-8-16-25)30(39-23-26-17-9-3-10-18-26)33(36)31(32(29,33)35)19-11-4-12-20-31/h1-3,5-10,13-18,27-30,34-36H,4,11-12,19-23H2. The van der Waals surface area contributed by atoms with Crippen molar-refractivity contribution in [3.8, 4) is 0 Å². The quantitative estimate of drug-likeness (QED) is 0.376. The molecule has 3 N–H and O–H groups in total. The zero-order valence-electron chi connectivity index (χ0n) is 22.2. The van der Waals surface area contributed by atoms with E-state index in [1.807, 2.05) is 91.0 Å². The number of benzene rings is 3. The molecule has 39 heavy (non-hydrogen) atoms. The summed E-state index contributed by atoms with van der Waals surface area (Å²) in [6.45, 7) is 0.740. The van der Waals surface area contributed by atoms with Crippen molar-refractivity contribution < 1.29 is 29.5 Å². The molecule has 0 bridgehead atoms. The van der Waals surface area contributed by atoms with Gasteiger partial charge in [0.05, 0.1) is 19.8 Å². The van der Waals surface area contributed by atoms with Gasteiger partial charge in [0.1, 0.15) is 35.6 Å². The summed E-state index contributed by atoms with van der Waals surface area (Å²) in [6, 6.07) is 29.3. The molecule has 3 saturated carbocycles. The molecule has 6 atom stereocenters. The molecular formula is C33H38O6. The predicted octanol–water partition coefficient (Wildman–Crippen LogP) is 4.54. The van der Waals surface area contributed by atoms with Crippen molar-refractivity contribution in [2.75, 3.05) is 0 Å². The summed E-state index contributed by atoms with van der Waals surface area (Å²) in [5, 5.41) is 36.4. The van der Waals surface area contributed by atoms with Crippen LogP contribution >= 0.6 is 0 Å². The molecule has 3 aromatic carbocycles. The van der Waals surface area contributed by atoms with Crippen molar-refractivity contribution in [3.05, 3.63) is 108 Å². The molecule has 6 nitrogen and oxygen atoms in total. The molecule has 3 aliphatic carbocycles. The van der Waals surface area contributed by atoms with E-state index in [4.69, 9.17) is 14.2 Å². The van der Waals surface area contributed by atoms with E-state index in [2.05, 4.69) is 0 Å². The van der Waals surface area contributed by atoms with Gasteiger partial charge in [0, 0.05) is 5.41 Å². The Balaban J connectivity index is 1.36. The van der Waals surface area contributed by atoms with Crippen LogP contribution in [0.15, 0.2) is 91.0 Å². The van der Waals surface area contributed by atoms with Crippen LogP contribution in [-0.4, -0.2) is 50.9 Å². The van der Waals surface area contributed by atoms with Gasteiger partial charge in [-0.2, -0.15) is 0 Å². The van der Waals surface area contributed by atoms with Crippen LogP contribution in [0.25, 0.3) is 0 Å². The summed E-state index contributed by atoms with van der Waals surface area (Å²) in [5.74, 6) is 0. The average molecular weight is 531 g/mol. The number of fused-ring (bicyclic) bond motifs is 3. The van der Waals surface area contributed by atoms with Crippen LogP contribution < -0.4 is 0 Å². The Bertz CT molecular complexity index is 1210. The smallest absolute Gasteiger partial charge is 0.134 e. The number of hydrogen-bond acceptors (Lipinski definition) is 6. The molecule has 3 fully saturated rings. The maximum atomic E-state index is 12.4. The Morgan fingerprint density at radius 3 is 1.49 bits per heavy atom. The van der Waals surface area contributed by atoms with Crippen molar-refractivity contribution in [1.29, 1.82) is 0 Å². The first-order valence-electron chi connectivity index (χ1n) is 14.1. The molecule has 6 rings (SSSR count). The van der Waals surface area contributed by atoms with Crippen molar-refractivity contribution in [2.45, 2.75) is 87.5 Å². The van der Waals surface area contributed by atoms with E-state index in [0.29, 0.717) is 12.8 Å². The van der Waals surface area contributed by atoms with E-state index < -0.39 is 41.0 Å². The fourth-order valence-electron chi connectivity index (χ4n) is 7.33. The maximum Gasteiger partial charge on any atom is 0.134 e. The third-order valence-corrected chi connectivity index (χ3v) is 9.30. The summed E-state index contributed by atoms with van der Waals surface area (Å²) >= 11 is 0. The van der Waals surface area contributed by atoms with Crippen LogP contribution in [-0.2, 0) is 34.0 Å². The van der Waals surface area contributed by atoms with Crippen molar-refractivity contribution in [3.63, 3.8) is 0 Å². The molecule has 0 aliphatic heterocycles. The van der Waals surface area contributed by atoms with Crippen LogP contribution in [0.1, 0.15) is 48.8 Å². The number of aliphatic hydroxyl groups is 3. The average Bonchev–Trinajstić information content (AvgIpc) is 3.41. The molecular weight excluding hydrogens is 492 g/mol. The van der Waals surface area contributed by atoms with Crippen LogP contribution in [0.4, 0.5) is 0 Å². The van der Waals surface area contributed by atoms with E-state index in [1.165, 1.54) is 0 Å². The lowest BCUT2D eigenvalue weighted by molar-refractivity contribution is -0.263. The van der Waals surface area contributed by atoms with Gasteiger partial charge in [-0.15, -0.1) is 0 Å². The number of rotatable bonds is 9. The lowest BCUT2D eigenvalue weighted by atomic mass is 9.81. The summed E-state index contributed by atoms with van der Waals surface area (Å²) in [6.07, 6.45) is 0.122. The number of hydrogen-bond donors (Lipinski definition) is 3.